The molecule has 2 aromatic rings. The molecule has 5 nitrogen and oxygen atoms in total. The molecule has 0 fully saturated rings. The van der Waals surface area contributed by atoms with Crippen LogP contribution in [0.3, 0.4) is 0 Å². The maximum atomic E-state index is 12.1. The minimum Gasteiger partial charge on any atom is -0.464 e. The number of esters is 1. The molecule has 126 valence electrons. The number of amides is 1. The summed E-state index contributed by atoms with van der Waals surface area (Å²) in [4.78, 5) is 24.2. The normalized spacial score (nSPS) is 12.1. The van der Waals surface area contributed by atoms with E-state index in [-0.39, 0.29) is 12.5 Å². The molecule has 0 radical (unpaired) electrons. The number of ether oxygens (including phenoxy) is 1. The minimum absolute atomic E-state index is 0.265. The predicted octanol–water partition coefficient (Wildman–Crippen LogP) is 2.89. The summed E-state index contributed by atoms with van der Waals surface area (Å²) >= 11 is 0. The van der Waals surface area contributed by atoms with Crippen LogP contribution >= 0.6 is 0 Å². The second-order valence-electron chi connectivity index (χ2n) is 5.28. The number of carbonyl (C=O) groups is 2. The van der Waals surface area contributed by atoms with Gasteiger partial charge in [-0.05, 0) is 37.6 Å². The Morgan fingerprint density at radius 2 is 1.96 bits per heavy atom. The number of furan rings is 1. The first-order valence-electron chi connectivity index (χ1n) is 7.84. The molecule has 1 atom stereocenters. The molecule has 0 saturated heterocycles. The number of benzene rings is 1. The van der Waals surface area contributed by atoms with Gasteiger partial charge in [-0.25, -0.2) is 4.79 Å². The maximum absolute atomic E-state index is 12.1. The Kier molecular flexibility index (Phi) is 6.37. The largest absolute Gasteiger partial charge is 0.464 e. The number of nitrogens with one attached hydrogen (secondary N) is 1. The fraction of sp³-hybridized carbons (Fsp3) is 0.263. The smallest absolute Gasteiger partial charge is 0.328 e. The van der Waals surface area contributed by atoms with E-state index in [2.05, 4.69) is 5.32 Å². The van der Waals surface area contributed by atoms with Crippen LogP contribution in [0.25, 0.3) is 6.08 Å². The van der Waals surface area contributed by atoms with Gasteiger partial charge in [0.15, 0.2) is 0 Å². The molecule has 0 bridgehead atoms. The molecule has 1 aromatic carbocycles. The van der Waals surface area contributed by atoms with Gasteiger partial charge in [-0.2, -0.15) is 0 Å². The van der Waals surface area contributed by atoms with Gasteiger partial charge in [0.25, 0.3) is 0 Å². The monoisotopic (exact) mass is 327 g/mol. The van der Waals surface area contributed by atoms with E-state index in [9.17, 15) is 9.59 Å². The summed E-state index contributed by atoms with van der Waals surface area (Å²) in [6.07, 6.45) is 3.28. The molecule has 5 heteroatoms. The summed E-state index contributed by atoms with van der Waals surface area (Å²) in [6.45, 7) is 3.83. The van der Waals surface area contributed by atoms with E-state index < -0.39 is 12.0 Å². The summed E-state index contributed by atoms with van der Waals surface area (Å²) in [5.74, 6) is 0.525. The molecule has 1 aromatic heterocycles. The quantitative estimate of drug-likeness (QED) is 0.627. The Balaban J connectivity index is 2.02. The van der Waals surface area contributed by atoms with Gasteiger partial charge in [0.1, 0.15) is 17.6 Å². The minimum atomic E-state index is -0.733. The first-order valence-corrected chi connectivity index (χ1v) is 7.84. The van der Waals surface area contributed by atoms with Crippen molar-refractivity contribution < 1.29 is 18.7 Å². The van der Waals surface area contributed by atoms with Crippen molar-refractivity contribution in [3.8, 4) is 0 Å². The van der Waals surface area contributed by atoms with E-state index >= 15 is 0 Å². The number of aryl methyl sites for hydroxylation is 1. The second-order valence-corrected chi connectivity index (χ2v) is 5.28. The average Bonchev–Trinajstić information content (AvgIpc) is 2.99. The second kappa shape index (κ2) is 8.72. The van der Waals surface area contributed by atoms with E-state index in [1.54, 1.807) is 19.1 Å². The van der Waals surface area contributed by atoms with Gasteiger partial charge >= 0.3 is 5.97 Å². The zero-order chi connectivity index (χ0) is 17.4. The van der Waals surface area contributed by atoms with Crippen molar-refractivity contribution in [1.82, 2.24) is 5.32 Å². The van der Waals surface area contributed by atoms with Crippen molar-refractivity contribution >= 4 is 18.0 Å². The zero-order valence-electron chi connectivity index (χ0n) is 13.8. The van der Waals surface area contributed by atoms with Crippen LogP contribution < -0.4 is 5.32 Å². The van der Waals surface area contributed by atoms with Crippen LogP contribution in [-0.2, 0) is 20.7 Å². The zero-order valence-corrected chi connectivity index (χ0v) is 13.8. The molecule has 1 N–H and O–H groups in total. The maximum Gasteiger partial charge on any atom is 0.328 e. The van der Waals surface area contributed by atoms with Crippen LogP contribution in [0.2, 0.25) is 0 Å². The molecular formula is C19H21NO4. The molecule has 0 aliphatic heterocycles. The summed E-state index contributed by atoms with van der Waals surface area (Å²) in [6, 6.07) is 12.3. The van der Waals surface area contributed by atoms with E-state index in [4.69, 9.17) is 9.15 Å². The third-order valence-corrected chi connectivity index (χ3v) is 3.33. The summed E-state index contributed by atoms with van der Waals surface area (Å²) in [7, 11) is 0. The molecule has 0 saturated carbocycles. The summed E-state index contributed by atoms with van der Waals surface area (Å²) in [5.41, 5.74) is 0.946. The molecule has 0 spiro atoms. The van der Waals surface area contributed by atoms with Crippen molar-refractivity contribution in [3.63, 3.8) is 0 Å². The van der Waals surface area contributed by atoms with Crippen LogP contribution in [0, 0.1) is 6.92 Å². The third kappa shape index (κ3) is 5.43. The van der Waals surface area contributed by atoms with Crippen molar-refractivity contribution in [1.29, 1.82) is 0 Å². The number of carbonyl (C=O) groups excluding carboxylic acids is 2. The summed E-state index contributed by atoms with van der Waals surface area (Å²) in [5, 5.41) is 2.69. The number of hydrogen-bond acceptors (Lipinski definition) is 4. The van der Waals surface area contributed by atoms with E-state index in [0.29, 0.717) is 12.2 Å². The molecule has 1 amide bonds. The highest BCUT2D eigenvalue weighted by molar-refractivity contribution is 5.94. The van der Waals surface area contributed by atoms with Crippen molar-refractivity contribution in [2.24, 2.45) is 0 Å². The van der Waals surface area contributed by atoms with Crippen molar-refractivity contribution in [2.75, 3.05) is 6.61 Å². The summed E-state index contributed by atoms with van der Waals surface area (Å²) < 4.78 is 10.4. The van der Waals surface area contributed by atoms with Crippen LogP contribution in [0.5, 0.6) is 0 Å². The third-order valence-electron chi connectivity index (χ3n) is 3.33. The van der Waals surface area contributed by atoms with Crippen LogP contribution in [0.4, 0.5) is 0 Å². The number of rotatable bonds is 7. The molecule has 1 heterocycles. The van der Waals surface area contributed by atoms with Gasteiger partial charge in [0.2, 0.25) is 5.91 Å². The van der Waals surface area contributed by atoms with Crippen molar-refractivity contribution in [2.45, 2.75) is 26.3 Å². The van der Waals surface area contributed by atoms with Gasteiger partial charge in [0.05, 0.1) is 6.61 Å². The van der Waals surface area contributed by atoms with Crippen LogP contribution in [0.15, 0.2) is 53.0 Å². The van der Waals surface area contributed by atoms with Gasteiger partial charge in [-0.1, -0.05) is 30.3 Å². The first kappa shape index (κ1) is 17.5. The highest BCUT2D eigenvalue weighted by Crippen LogP contribution is 2.08. The Morgan fingerprint density at radius 1 is 1.21 bits per heavy atom. The highest BCUT2D eigenvalue weighted by atomic mass is 16.5. The van der Waals surface area contributed by atoms with Gasteiger partial charge in [-0.15, -0.1) is 0 Å². The molecule has 24 heavy (non-hydrogen) atoms. The first-order chi connectivity index (χ1) is 11.6. The predicted molar refractivity (Wildman–Crippen MR) is 91.2 cm³/mol. The average molecular weight is 327 g/mol. The van der Waals surface area contributed by atoms with Crippen LogP contribution in [-0.4, -0.2) is 24.5 Å². The Bertz CT molecular complexity index is 703. The Hall–Kier alpha value is -2.82. The van der Waals surface area contributed by atoms with E-state index in [0.717, 1.165) is 11.3 Å². The lowest BCUT2D eigenvalue weighted by Gasteiger charge is -2.16. The Labute approximate surface area is 141 Å². The highest BCUT2D eigenvalue weighted by Gasteiger charge is 2.21. The van der Waals surface area contributed by atoms with Gasteiger partial charge in [0, 0.05) is 12.5 Å². The number of hydrogen-bond donors (Lipinski definition) is 1. The van der Waals surface area contributed by atoms with Crippen molar-refractivity contribution in [3.05, 3.63) is 65.6 Å². The lowest BCUT2D eigenvalue weighted by Crippen LogP contribution is -2.42. The van der Waals surface area contributed by atoms with Crippen LogP contribution in [0.1, 0.15) is 24.0 Å². The standard InChI is InChI=1S/C19H21NO4/c1-3-23-19(22)17(13-15-7-5-4-6-8-15)20-18(21)12-11-16-10-9-14(2)24-16/h4-12,17H,3,13H2,1-2H3,(H,20,21). The fourth-order valence-corrected chi connectivity index (χ4v) is 2.21. The molecule has 0 aliphatic rings. The topological polar surface area (TPSA) is 68.5 Å². The lowest BCUT2D eigenvalue weighted by molar-refractivity contribution is -0.146. The van der Waals surface area contributed by atoms with Gasteiger partial charge in [-0.3, -0.25) is 4.79 Å². The van der Waals surface area contributed by atoms with Gasteiger partial charge < -0.3 is 14.5 Å². The molecular weight excluding hydrogens is 306 g/mol. The molecule has 2 rings (SSSR count). The molecule has 1 unspecified atom stereocenters. The van der Waals surface area contributed by atoms with E-state index in [1.807, 2.05) is 43.3 Å². The lowest BCUT2D eigenvalue weighted by atomic mass is 10.1. The Morgan fingerprint density at radius 3 is 2.58 bits per heavy atom. The van der Waals surface area contributed by atoms with E-state index in [1.165, 1.54) is 6.08 Å². The SMILES string of the molecule is CCOC(=O)C(Cc1ccccc1)NC(=O)C=Cc1ccc(C)o1. The fourth-order valence-electron chi connectivity index (χ4n) is 2.21. The molecule has 0 aliphatic carbocycles.